The second-order valence-corrected chi connectivity index (χ2v) is 11.7. The second kappa shape index (κ2) is 12.4. The molecule has 0 unspecified atom stereocenters. The number of hydrogen-bond donors (Lipinski definition) is 1. The molecule has 5 atom stereocenters. The predicted molar refractivity (Wildman–Crippen MR) is 162 cm³/mol. The third-order valence-electron chi connectivity index (χ3n) is 9.05. The third-order valence-corrected chi connectivity index (χ3v) is 9.05. The first kappa shape index (κ1) is 29.3. The van der Waals surface area contributed by atoms with E-state index in [0.717, 1.165) is 25.7 Å². The molecule has 0 aromatic heterocycles. The Kier molecular flexibility index (Phi) is 8.28. The molecule has 9 heteroatoms. The third kappa shape index (κ3) is 5.62. The summed E-state index contributed by atoms with van der Waals surface area (Å²) in [7, 11) is 0. The molecule has 3 aliphatic rings. The highest BCUT2D eigenvalue weighted by molar-refractivity contribution is 6.23. The minimum atomic E-state index is -0.754. The molecule has 9 nitrogen and oxygen atoms in total. The number of ether oxygens (including phenoxy) is 2. The Bertz CT molecular complexity index is 1590. The van der Waals surface area contributed by atoms with E-state index < -0.39 is 24.5 Å². The smallest absolute Gasteiger partial charge is 0.338 e. The zero-order chi connectivity index (χ0) is 30.8. The van der Waals surface area contributed by atoms with Crippen LogP contribution in [-0.4, -0.2) is 42.9 Å². The summed E-state index contributed by atoms with van der Waals surface area (Å²) in [5.41, 5.74) is 2.47. The number of anilines is 2. The monoisotopic (exact) mass is 594 g/mol. The van der Waals surface area contributed by atoms with Crippen molar-refractivity contribution in [2.45, 2.75) is 38.5 Å². The molecule has 3 aromatic carbocycles. The van der Waals surface area contributed by atoms with Crippen LogP contribution >= 0.6 is 0 Å². The number of amides is 3. The lowest BCUT2D eigenvalue weighted by molar-refractivity contribution is -0.123. The quantitative estimate of drug-likeness (QED) is 0.190. The van der Waals surface area contributed by atoms with Crippen molar-refractivity contribution >= 4 is 41.0 Å². The van der Waals surface area contributed by atoms with Crippen LogP contribution < -0.4 is 10.2 Å². The first-order valence-electron chi connectivity index (χ1n) is 15.1. The van der Waals surface area contributed by atoms with E-state index in [4.69, 9.17) is 9.47 Å². The van der Waals surface area contributed by atoms with Crippen LogP contribution in [0.3, 0.4) is 0 Å². The van der Waals surface area contributed by atoms with E-state index in [1.807, 2.05) is 25.1 Å². The van der Waals surface area contributed by atoms with Crippen molar-refractivity contribution in [3.63, 3.8) is 0 Å². The van der Waals surface area contributed by atoms with E-state index in [2.05, 4.69) is 17.4 Å². The number of carbonyl (C=O) groups is 5. The molecular formula is C35H34N2O7. The van der Waals surface area contributed by atoms with Gasteiger partial charge in [-0.05, 0) is 85.0 Å². The Morgan fingerprint density at radius 3 is 2.30 bits per heavy atom. The van der Waals surface area contributed by atoms with Crippen molar-refractivity contribution in [2.75, 3.05) is 23.4 Å². The average molecular weight is 595 g/mol. The fourth-order valence-corrected chi connectivity index (χ4v) is 7.06. The number of imide groups is 1. The molecule has 1 saturated heterocycles. The van der Waals surface area contributed by atoms with Gasteiger partial charge in [0.25, 0.3) is 5.91 Å². The van der Waals surface area contributed by atoms with Crippen molar-refractivity contribution in [3.8, 4) is 0 Å². The predicted octanol–water partition coefficient (Wildman–Crippen LogP) is 5.37. The molecule has 6 rings (SSSR count). The molecule has 1 N–H and O–H groups in total. The van der Waals surface area contributed by atoms with Gasteiger partial charge >= 0.3 is 11.9 Å². The standard InChI is InChI=1S/C35H34N2O7/c1-2-3-16-43-34(41)22-12-14-25(15-13-22)36-29(38)20-44-35(42)23-10-7-11-26(17-23)37-32(39)30-24-18-27(21-8-5-4-6-9-21)28(19-24)31(30)33(37)40/h4-15,17,24,27-28,30-31H,2-3,16,18-20H2,1H3,(H,36,38)/t24-,27-,28+,30+,31+/m0/s1. The molecule has 44 heavy (non-hydrogen) atoms. The normalized spacial score (nSPS) is 23.4. The van der Waals surface area contributed by atoms with E-state index in [1.54, 1.807) is 36.4 Å². The van der Waals surface area contributed by atoms with Gasteiger partial charge in [0.15, 0.2) is 6.61 Å². The van der Waals surface area contributed by atoms with Crippen LogP contribution in [0.4, 0.5) is 11.4 Å². The number of nitrogens with one attached hydrogen (secondary N) is 1. The van der Waals surface area contributed by atoms with Crippen LogP contribution in [0.15, 0.2) is 78.9 Å². The van der Waals surface area contributed by atoms with E-state index in [1.165, 1.54) is 22.6 Å². The van der Waals surface area contributed by atoms with Crippen LogP contribution in [0.25, 0.3) is 0 Å². The largest absolute Gasteiger partial charge is 0.462 e. The Labute approximate surface area is 255 Å². The van der Waals surface area contributed by atoms with E-state index in [-0.39, 0.29) is 47.0 Å². The maximum atomic E-state index is 13.7. The zero-order valence-electron chi connectivity index (χ0n) is 24.4. The Hall–Kier alpha value is -4.79. The van der Waals surface area contributed by atoms with Gasteiger partial charge in [-0.25, -0.2) is 9.59 Å². The van der Waals surface area contributed by atoms with Gasteiger partial charge in [-0.1, -0.05) is 49.7 Å². The molecule has 1 heterocycles. The van der Waals surface area contributed by atoms with Gasteiger partial charge in [0.05, 0.1) is 35.3 Å². The maximum absolute atomic E-state index is 13.7. The van der Waals surface area contributed by atoms with Gasteiger partial charge in [-0.2, -0.15) is 0 Å². The number of rotatable bonds is 10. The first-order chi connectivity index (χ1) is 21.4. The van der Waals surface area contributed by atoms with Crippen LogP contribution in [0.5, 0.6) is 0 Å². The highest BCUT2D eigenvalue weighted by Gasteiger charge is 2.64. The maximum Gasteiger partial charge on any atom is 0.338 e. The summed E-state index contributed by atoms with van der Waals surface area (Å²) in [6.07, 6.45) is 3.48. The number of carbonyl (C=O) groups excluding carboxylic acids is 5. The minimum Gasteiger partial charge on any atom is -0.462 e. The summed E-state index contributed by atoms with van der Waals surface area (Å²) >= 11 is 0. The van der Waals surface area contributed by atoms with Gasteiger partial charge in [0, 0.05) is 5.69 Å². The summed E-state index contributed by atoms with van der Waals surface area (Å²) in [5, 5.41) is 2.62. The fourth-order valence-electron chi connectivity index (χ4n) is 7.06. The number of fused-ring (bicyclic) bond motifs is 5. The lowest BCUT2D eigenvalue weighted by Gasteiger charge is -2.28. The summed E-state index contributed by atoms with van der Waals surface area (Å²) in [5.74, 6) is -2.30. The molecule has 1 aliphatic heterocycles. The van der Waals surface area contributed by atoms with Crippen molar-refractivity contribution in [2.24, 2.45) is 23.7 Å². The van der Waals surface area contributed by atoms with E-state index in [9.17, 15) is 24.0 Å². The van der Waals surface area contributed by atoms with Crippen molar-refractivity contribution < 1.29 is 33.4 Å². The molecule has 0 radical (unpaired) electrons. The molecule has 2 saturated carbocycles. The van der Waals surface area contributed by atoms with Gasteiger partial charge < -0.3 is 14.8 Å². The number of benzene rings is 3. The molecule has 2 aliphatic carbocycles. The zero-order valence-corrected chi connectivity index (χ0v) is 24.4. The number of nitrogens with zero attached hydrogens (tertiary/aromatic N) is 1. The summed E-state index contributed by atoms with van der Waals surface area (Å²) < 4.78 is 10.4. The fraction of sp³-hybridized carbons (Fsp3) is 0.343. The highest BCUT2D eigenvalue weighted by Crippen LogP contribution is 2.61. The highest BCUT2D eigenvalue weighted by atomic mass is 16.5. The summed E-state index contributed by atoms with van der Waals surface area (Å²) in [6, 6.07) is 22.6. The number of hydrogen-bond acceptors (Lipinski definition) is 7. The Morgan fingerprint density at radius 1 is 0.818 bits per heavy atom. The molecule has 0 spiro atoms. The average Bonchev–Trinajstić information content (AvgIpc) is 3.71. The van der Waals surface area contributed by atoms with E-state index >= 15 is 0 Å². The Morgan fingerprint density at radius 2 is 1.55 bits per heavy atom. The number of esters is 2. The minimum absolute atomic E-state index is 0.122. The molecule has 3 fully saturated rings. The van der Waals surface area contributed by atoms with Gasteiger partial charge in [-0.15, -0.1) is 0 Å². The van der Waals surface area contributed by atoms with Crippen molar-refractivity contribution in [3.05, 3.63) is 95.6 Å². The molecule has 3 amide bonds. The van der Waals surface area contributed by atoms with Crippen LogP contribution in [0.2, 0.25) is 0 Å². The summed E-state index contributed by atoms with van der Waals surface area (Å²) in [6.45, 7) is 1.82. The molecule has 2 bridgehead atoms. The van der Waals surface area contributed by atoms with Crippen LogP contribution in [-0.2, 0) is 23.9 Å². The first-order valence-corrected chi connectivity index (χ1v) is 15.1. The molecule has 3 aromatic rings. The molecule has 226 valence electrons. The second-order valence-electron chi connectivity index (χ2n) is 11.7. The van der Waals surface area contributed by atoms with E-state index in [0.29, 0.717) is 23.5 Å². The lowest BCUT2D eigenvalue weighted by Crippen LogP contribution is -2.33. The number of unbranched alkanes of at least 4 members (excludes halogenated alkanes) is 1. The molecular weight excluding hydrogens is 560 g/mol. The van der Waals surface area contributed by atoms with Crippen LogP contribution in [0.1, 0.15) is 64.8 Å². The topological polar surface area (TPSA) is 119 Å². The summed E-state index contributed by atoms with van der Waals surface area (Å²) in [4.78, 5) is 65.7. The SMILES string of the molecule is CCCCOC(=O)c1ccc(NC(=O)COC(=O)c2cccc(N3C(=O)[C@@H]4[C@@H]5C[C@@H]([C@H]4C3=O)[C@H](c3ccccc3)C5)c2)cc1. The Balaban J connectivity index is 1.06. The van der Waals surface area contributed by atoms with Crippen LogP contribution in [0, 0.1) is 23.7 Å². The van der Waals surface area contributed by atoms with Crippen molar-refractivity contribution in [1.29, 1.82) is 0 Å². The van der Waals surface area contributed by atoms with Gasteiger partial charge in [0.2, 0.25) is 11.8 Å². The van der Waals surface area contributed by atoms with Crippen molar-refractivity contribution in [1.82, 2.24) is 0 Å². The lowest BCUT2D eigenvalue weighted by atomic mass is 9.73. The van der Waals surface area contributed by atoms with Gasteiger partial charge in [0.1, 0.15) is 0 Å². The van der Waals surface area contributed by atoms with Gasteiger partial charge in [-0.3, -0.25) is 19.3 Å².